The highest BCUT2D eigenvalue weighted by Gasteiger charge is 1.86. The van der Waals surface area contributed by atoms with Crippen LogP contribution in [0.15, 0.2) is 0 Å². The Morgan fingerprint density at radius 1 is 2.00 bits per heavy atom. The molecule has 0 fully saturated rings. The topological polar surface area (TPSA) is 94.8 Å². The molecule has 0 rings (SSSR count). The van der Waals surface area contributed by atoms with Crippen LogP contribution < -0.4 is 16.7 Å². The zero-order valence-corrected chi connectivity index (χ0v) is 2.97. The second-order valence-electron chi connectivity index (χ2n) is 0.626. The van der Waals surface area contributed by atoms with E-state index in [0.717, 1.165) is 0 Å². The average Bonchev–Trinajstić information content (AvgIpc) is 1.65. The first-order chi connectivity index (χ1) is 2.81. The Labute approximate surface area is 34.1 Å². The fraction of sp³-hybridized carbons (Fsp3) is 0. The molecule has 0 aliphatic carbocycles. The van der Waals surface area contributed by atoms with E-state index in [4.69, 9.17) is 0 Å². The number of hydroxylamine groups is 1. The van der Waals surface area contributed by atoms with Gasteiger partial charge in [0.15, 0.2) is 0 Å². The molecule has 2 amide bonds. The first kappa shape index (κ1) is 5.35. The number of nitrogens with one attached hydrogen (secondary N) is 1. The number of carbonyl (C=O) groups is 1. The largest absolute Gasteiger partial charge is 0.627 e. The Morgan fingerprint density at radius 2 is 2.50 bits per heavy atom. The van der Waals surface area contributed by atoms with Crippen molar-refractivity contribution in [2.75, 3.05) is 0 Å². The summed E-state index contributed by atoms with van der Waals surface area (Å²) >= 11 is 0. The van der Waals surface area contributed by atoms with Crippen LogP contribution >= 0.6 is 0 Å². The van der Waals surface area contributed by atoms with E-state index in [1.165, 1.54) is 0 Å². The molecule has 0 aromatic heterocycles. The summed E-state index contributed by atoms with van der Waals surface area (Å²) < 4.78 is 0. The van der Waals surface area contributed by atoms with Crippen molar-refractivity contribution in [2.24, 2.45) is 5.84 Å². The lowest BCUT2D eigenvalue weighted by Crippen LogP contribution is -2.85. The number of nitrogens with two attached hydrogens (primary N) is 2. The van der Waals surface area contributed by atoms with Gasteiger partial charge < -0.3 is 5.21 Å². The summed E-state index contributed by atoms with van der Waals surface area (Å²) in [5.74, 6) is 4.45. The van der Waals surface area contributed by atoms with Crippen LogP contribution in [0.4, 0.5) is 4.79 Å². The average molecular weight is 91.1 g/mol. The fourth-order valence-electron chi connectivity index (χ4n) is 0.0340. The predicted octanol–water partition coefficient (Wildman–Crippen LogP) is -2.37. The molecule has 0 heterocycles. The maximum atomic E-state index is 9.58. The van der Waals surface area contributed by atoms with Gasteiger partial charge in [-0.1, -0.05) is 0 Å². The van der Waals surface area contributed by atoms with Crippen molar-refractivity contribution in [3.05, 3.63) is 5.21 Å². The second kappa shape index (κ2) is 2.58. The molecular weight excluding hydrogens is 86.0 g/mol. The van der Waals surface area contributed by atoms with Crippen LogP contribution in [0.25, 0.3) is 0 Å². The Hall–Kier alpha value is -0.650. The molecule has 0 radical (unpaired) electrons. The summed E-state index contributed by atoms with van der Waals surface area (Å²) in [6, 6.07) is -0.810. The molecule has 0 aliphatic rings. The number of hydrazine groups is 1. The quantitative estimate of drug-likeness (QED) is 0.177. The number of amides is 2. The highest BCUT2D eigenvalue weighted by Crippen LogP contribution is 1.33. The Bertz CT molecular complexity index is 46.8. The SMILES string of the molecule is NNC(=O)[NH2+][O-]. The van der Waals surface area contributed by atoms with Gasteiger partial charge in [0.05, 0.1) is 0 Å². The van der Waals surface area contributed by atoms with Gasteiger partial charge in [0.1, 0.15) is 0 Å². The molecule has 5 N–H and O–H groups in total. The number of urea groups is 1. The minimum Gasteiger partial charge on any atom is -0.627 e. The second-order valence-corrected chi connectivity index (χ2v) is 0.626. The van der Waals surface area contributed by atoms with Crippen molar-refractivity contribution in [3.63, 3.8) is 0 Å². The van der Waals surface area contributed by atoms with Crippen molar-refractivity contribution in [3.8, 4) is 0 Å². The monoisotopic (exact) mass is 91.0 g/mol. The van der Waals surface area contributed by atoms with E-state index in [1.807, 2.05) is 0 Å². The summed E-state index contributed by atoms with van der Waals surface area (Å²) in [5, 5.41) is 9.24. The molecule has 5 nitrogen and oxygen atoms in total. The van der Waals surface area contributed by atoms with E-state index < -0.39 is 6.03 Å². The number of primary amides is 1. The molecule has 0 saturated heterocycles. The third-order valence-electron chi connectivity index (χ3n) is 0.249. The molecule has 0 aromatic carbocycles. The number of hydrogen-bond donors (Lipinski definition) is 3. The number of hydrogen-bond acceptors (Lipinski definition) is 3. The number of quaternary nitrogens is 1. The molecule has 0 spiro atoms. The summed E-state index contributed by atoms with van der Waals surface area (Å²) in [7, 11) is 0. The molecule has 0 saturated carbocycles. The summed E-state index contributed by atoms with van der Waals surface area (Å²) in [6.45, 7) is 0. The third-order valence-corrected chi connectivity index (χ3v) is 0.249. The van der Waals surface area contributed by atoms with Crippen molar-refractivity contribution in [1.29, 1.82) is 0 Å². The zero-order valence-electron chi connectivity index (χ0n) is 2.97. The first-order valence-electron chi connectivity index (χ1n) is 1.27. The van der Waals surface area contributed by atoms with Gasteiger partial charge >= 0.3 is 6.03 Å². The Balaban J connectivity index is 2.99. The summed E-state index contributed by atoms with van der Waals surface area (Å²) in [5.41, 5.74) is 1.70. The lowest BCUT2D eigenvalue weighted by atomic mass is 11.1. The molecule has 0 bridgehead atoms. The maximum absolute atomic E-state index is 9.58. The van der Waals surface area contributed by atoms with E-state index in [1.54, 1.807) is 5.43 Å². The Morgan fingerprint density at radius 3 is 2.50 bits per heavy atom. The maximum Gasteiger partial charge on any atom is 0.427 e. The smallest absolute Gasteiger partial charge is 0.427 e. The molecule has 36 valence electrons. The van der Waals surface area contributed by atoms with Crippen LogP contribution in [-0.4, -0.2) is 6.03 Å². The zero-order chi connectivity index (χ0) is 4.99. The lowest BCUT2D eigenvalue weighted by molar-refractivity contribution is -0.483. The standard InChI is InChI=1S/CH5N3O2/c2-3-1(5)4-6/h2,4H2,(H,3,5). The van der Waals surface area contributed by atoms with Gasteiger partial charge in [-0.25, -0.2) is 16.1 Å². The summed E-state index contributed by atoms with van der Waals surface area (Å²) in [6.07, 6.45) is 0. The number of rotatable bonds is 0. The molecule has 0 unspecified atom stereocenters. The van der Waals surface area contributed by atoms with Crippen LogP contribution in [0.2, 0.25) is 0 Å². The molecule has 0 atom stereocenters. The van der Waals surface area contributed by atoms with Crippen LogP contribution in [0.1, 0.15) is 0 Å². The first-order valence-corrected chi connectivity index (χ1v) is 1.27. The van der Waals surface area contributed by atoms with Crippen LogP contribution in [0.3, 0.4) is 0 Å². The van der Waals surface area contributed by atoms with Crippen molar-refractivity contribution in [2.45, 2.75) is 0 Å². The van der Waals surface area contributed by atoms with Gasteiger partial charge in [-0.15, -0.1) is 0 Å². The van der Waals surface area contributed by atoms with Crippen LogP contribution in [0.5, 0.6) is 0 Å². The van der Waals surface area contributed by atoms with Crippen molar-refractivity contribution < 1.29 is 10.3 Å². The lowest BCUT2D eigenvalue weighted by Gasteiger charge is -1.93. The van der Waals surface area contributed by atoms with Crippen molar-refractivity contribution in [1.82, 2.24) is 5.43 Å². The normalized spacial score (nSPS) is 7.67. The van der Waals surface area contributed by atoms with E-state index in [0.29, 0.717) is 0 Å². The highest BCUT2D eigenvalue weighted by atomic mass is 16.5. The molecule has 0 aliphatic heterocycles. The van der Waals surface area contributed by atoms with E-state index in [9.17, 15) is 10.0 Å². The van der Waals surface area contributed by atoms with Crippen LogP contribution in [-0.2, 0) is 0 Å². The van der Waals surface area contributed by atoms with Crippen LogP contribution in [0, 0.1) is 5.21 Å². The fourth-order valence-corrected chi connectivity index (χ4v) is 0.0340. The molecule has 0 aromatic rings. The molecular formula is CH5N3O2. The van der Waals surface area contributed by atoms with E-state index in [-0.39, 0.29) is 5.48 Å². The van der Waals surface area contributed by atoms with Gasteiger partial charge in [-0.2, -0.15) is 0 Å². The Kier molecular flexibility index (Phi) is 2.30. The van der Waals surface area contributed by atoms with Gasteiger partial charge in [-0.3, -0.25) is 5.48 Å². The minimum absolute atomic E-state index is 0.0972. The molecule has 5 heteroatoms. The predicted molar refractivity (Wildman–Crippen MR) is 18.0 cm³/mol. The highest BCUT2D eigenvalue weighted by molar-refractivity contribution is 5.61. The van der Waals surface area contributed by atoms with Crippen molar-refractivity contribution >= 4 is 6.03 Å². The van der Waals surface area contributed by atoms with Gasteiger partial charge in [-0.05, 0) is 0 Å². The van der Waals surface area contributed by atoms with Gasteiger partial charge in [0, 0.05) is 0 Å². The minimum atomic E-state index is -0.810. The third kappa shape index (κ3) is 1.65. The summed E-state index contributed by atoms with van der Waals surface area (Å²) in [4.78, 5) is 9.58. The number of carbonyl (C=O) groups excluding carboxylic acids is 1. The van der Waals surface area contributed by atoms with E-state index in [2.05, 4.69) is 5.84 Å². The van der Waals surface area contributed by atoms with Gasteiger partial charge in [0.2, 0.25) is 0 Å². The van der Waals surface area contributed by atoms with Gasteiger partial charge in [0.25, 0.3) is 0 Å². The molecule has 6 heavy (non-hydrogen) atoms. The van der Waals surface area contributed by atoms with E-state index >= 15 is 0 Å².